The number of carbonyl (C=O) groups is 2. The van der Waals surface area contributed by atoms with Crippen LogP contribution in [0.15, 0.2) is 30.5 Å². The molecule has 1 aromatic heterocycles. The fourth-order valence-corrected chi connectivity index (χ4v) is 3.16. The molecule has 1 amide bonds. The maximum Gasteiger partial charge on any atom is 0.337 e. The van der Waals surface area contributed by atoms with Gasteiger partial charge in [-0.3, -0.25) is 14.9 Å². The summed E-state index contributed by atoms with van der Waals surface area (Å²) in [5.74, 6) is -1.53. The van der Waals surface area contributed by atoms with Crippen molar-refractivity contribution in [2.75, 3.05) is 12.4 Å². The van der Waals surface area contributed by atoms with Gasteiger partial charge in [0, 0.05) is 16.5 Å². The Bertz CT molecular complexity index is 872. The van der Waals surface area contributed by atoms with Gasteiger partial charge >= 0.3 is 17.9 Å². The fourth-order valence-electron chi connectivity index (χ4n) is 3.16. The number of hydrogen-bond donors (Lipinski definition) is 1. The number of aromatic nitrogens is 2. The number of nitrogens with zero attached hydrogens (tertiary/aromatic N) is 3. The van der Waals surface area contributed by atoms with Gasteiger partial charge in [0.05, 0.1) is 24.8 Å². The van der Waals surface area contributed by atoms with Crippen molar-refractivity contribution in [2.24, 2.45) is 0 Å². The number of anilines is 1. The van der Waals surface area contributed by atoms with Crippen molar-refractivity contribution in [3.05, 3.63) is 57.3 Å². The number of amides is 1. The molecule has 1 N–H and O–H groups in total. The minimum absolute atomic E-state index is 0.0199. The van der Waals surface area contributed by atoms with Crippen molar-refractivity contribution in [3.8, 4) is 0 Å². The molecule has 0 radical (unpaired) electrons. The average molecular weight is 358 g/mol. The monoisotopic (exact) mass is 358 g/mol. The summed E-state index contributed by atoms with van der Waals surface area (Å²) >= 11 is 0. The van der Waals surface area contributed by atoms with Crippen molar-refractivity contribution in [2.45, 2.75) is 31.8 Å². The maximum atomic E-state index is 12.4. The summed E-state index contributed by atoms with van der Waals surface area (Å²) < 4.78 is 6.28. The highest BCUT2D eigenvalue weighted by Gasteiger charge is 2.47. The van der Waals surface area contributed by atoms with E-state index in [0.717, 1.165) is 0 Å². The molecule has 0 fully saturated rings. The second-order valence-electron chi connectivity index (χ2n) is 6.30. The maximum absolute atomic E-state index is 12.4. The molecule has 1 aliphatic rings. The van der Waals surface area contributed by atoms with Crippen LogP contribution in [-0.2, 0) is 9.53 Å². The summed E-state index contributed by atoms with van der Waals surface area (Å²) in [6.07, 6.45) is 1.55. The van der Waals surface area contributed by atoms with Crippen LogP contribution in [0.3, 0.4) is 0 Å². The molecule has 9 heteroatoms. The van der Waals surface area contributed by atoms with Gasteiger partial charge in [-0.2, -0.15) is 5.10 Å². The lowest BCUT2D eigenvalue weighted by Crippen LogP contribution is -2.44. The zero-order valence-electron chi connectivity index (χ0n) is 14.5. The molecule has 9 nitrogen and oxygen atoms in total. The molecule has 1 aliphatic heterocycles. The van der Waals surface area contributed by atoms with Crippen LogP contribution in [0.4, 0.5) is 5.82 Å². The molecule has 0 spiro atoms. The van der Waals surface area contributed by atoms with E-state index in [1.807, 2.05) is 13.8 Å². The van der Waals surface area contributed by atoms with E-state index in [1.165, 1.54) is 19.2 Å². The first-order chi connectivity index (χ1) is 12.3. The summed E-state index contributed by atoms with van der Waals surface area (Å²) in [7, 11) is 1.27. The van der Waals surface area contributed by atoms with Gasteiger partial charge in [-0.25, -0.2) is 9.48 Å². The van der Waals surface area contributed by atoms with Gasteiger partial charge in [-0.1, -0.05) is 12.1 Å². The first-order valence-corrected chi connectivity index (χ1v) is 8.05. The minimum atomic E-state index is -1.48. The van der Waals surface area contributed by atoms with Crippen LogP contribution in [0.1, 0.15) is 47.3 Å². The molecule has 0 saturated heterocycles. The molecule has 2 heterocycles. The molecule has 0 aliphatic carbocycles. The Kier molecular flexibility index (Phi) is 4.45. The van der Waals surface area contributed by atoms with Crippen LogP contribution >= 0.6 is 0 Å². The molecular weight excluding hydrogens is 340 g/mol. The van der Waals surface area contributed by atoms with E-state index >= 15 is 0 Å². The Morgan fingerprint density at radius 1 is 1.35 bits per heavy atom. The van der Waals surface area contributed by atoms with Crippen molar-refractivity contribution in [1.82, 2.24) is 9.78 Å². The molecule has 2 atom stereocenters. The van der Waals surface area contributed by atoms with Crippen molar-refractivity contribution < 1.29 is 19.2 Å². The summed E-state index contributed by atoms with van der Waals surface area (Å²) in [6, 6.07) is 4.75. The Balaban J connectivity index is 2.11. The smallest absolute Gasteiger partial charge is 0.337 e. The second kappa shape index (κ2) is 6.58. The van der Waals surface area contributed by atoms with Crippen LogP contribution in [0.2, 0.25) is 0 Å². The second-order valence-corrected chi connectivity index (χ2v) is 6.30. The van der Waals surface area contributed by atoms with Crippen molar-refractivity contribution in [1.29, 1.82) is 0 Å². The van der Waals surface area contributed by atoms with Crippen LogP contribution in [0, 0.1) is 10.1 Å². The molecule has 1 aromatic carbocycles. The lowest BCUT2D eigenvalue weighted by molar-refractivity contribution is -0.509. The molecule has 0 saturated carbocycles. The number of methoxy groups -OCH3 is 1. The third-order valence-corrected chi connectivity index (χ3v) is 4.39. The molecular formula is C17H18N4O5. The SMILES string of the molecule is COC(=O)c1ccc([C@H]2c3cnn(C(C)C)c3NC(=O)[C@@H]2[N+](=O)[O-])cc1. The van der Waals surface area contributed by atoms with Gasteiger partial charge in [0.25, 0.3) is 0 Å². The number of benzene rings is 1. The predicted octanol–water partition coefficient (Wildman–Crippen LogP) is 1.98. The van der Waals surface area contributed by atoms with Gasteiger partial charge in [-0.15, -0.1) is 0 Å². The zero-order chi connectivity index (χ0) is 19.0. The van der Waals surface area contributed by atoms with E-state index in [9.17, 15) is 19.7 Å². The summed E-state index contributed by atoms with van der Waals surface area (Å²) in [5.41, 5.74) is 1.46. The van der Waals surface area contributed by atoms with E-state index in [0.29, 0.717) is 22.5 Å². The molecule has 26 heavy (non-hydrogen) atoms. The summed E-state index contributed by atoms with van der Waals surface area (Å²) in [5, 5.41) is 18.4. The number of nitro groups is 1. The number of carbonyl (C=O) groups excluding carboxylic acids is 2. The van der Waals surface area contributed by atoms with Gasteiger partial charge in [0.2, 0.25) is 0 Å². The topological polar surface area (TPSA) is 116 Å². The van der Waals surface area contributed by atoms with Gasteiger partial charge in [0.15, 0.2) is 0 Å². The predicted molar refractivity (Wildman–Crippen MR) is 91.6 cm³/mol. The van der Waals surface area contributed by atoms with Gasteiger partial charge in [0.1, 0.15) is 5.82 Å². The van der Waals surface area contributed by atoms with E-state index in [-0.39, 0.29) is 6.04 Å². The minimum Gasteiger partial charge on any atom is -0.465 e. The number of nitrogens with one attached hydrogen (secondary N) is 1. The fraction of sp³-hybridized carbons (Fsp3) is 0.353. The first-order valence-electron chi connectivity index (χ1n) is 8.05. The Morgan fingerprint density at radius 2 is 2.00 bits per heavy atom. The van der Waals surface area contributed by atoms with E-state index in [1.54, 1.807) is 23.0 Å². The average Bonchev–Trinajstić information content (AvgIpc) is 3.03. The zero-order valence-corrected chi connectivity index (χ0v) is 14.5. The quantitative estimate of drug-likeness (QED) is 0.507. The van der Waals surface area contributed by atoms with Gasteiger partial charge in [-0.05, 0) is 31.5 Å². The number of ether oxygens (including phenoxy) is 1. The standard InChI is InChI=1S/C17H18N4O5/c1-9(2)20-15-12(8-18-20)13(14(21(24)25)16(22)19-15)10-4-6-11(7-5-10)17(23)26-3/h4-9,13-14H,1-3H3,(H,19,22)/t13-,14+/m0/s1. The lowest BCUT2D eigenvalue weighted by atomic mass is 9.83. The Morgan fingerprint density at radius 3 is 2.54 bits per heavy atom. The van der Waals surface area contributed by atoms with E-state index in [2.05, 4.69) is 15.2 Å². The molecule has 3 rings (SSSR count). The highest BCUT2D eigenvalue weighted by atomic mass is 16.6. The van der Waals surface area contributed by atoms with Gasteiger partial charge < -0.3 is 10.1 Å². The summed E-state index contributed by atoms with van der Waals surface area (Å²) in [6.45, 7) is 3.80. The normalized spacial score (nSPS) is 19.0. The van der Waals surface area contributed by atoms with Crippen molar-refractivity contribution >= 4 is 17.7 Å². The van der Waals surface area contributed by atoms with E-state index in [4.69, 9.17) is 0 Å². The largest absolute Gasteiger partial charge is 0.465 e. The van der Waals surface area contributed by atoms with Crippen LogP contribution in [0.5, 0.6) is 0 Å². The number of rotatable bonds is 4. The molecule has 136 valence electrons. The van der Waals surface area contributed by atoms with E-state index < -0.39 is 28.8 Å². The Labute approximate surface area is 149 Å². The number of esters is 1. The molecule has 0 unspecified atom stereocenters. The number of hydrogen-bond acceptors (Lipinski definition) is 6. The molecule has 2 aromatic rings. The number of fused-ring (bicyclic) bond motifs is 1. The Hall–Kier alpha value is -3.23. The third kappa shape index (κ3) is 2.81. The van der Waals surface area contributed by atoms with Crippen LogP contribution < -0.4 is 5.32 Å². The third-order valence-electron chi connectivity index (χ3n) is 4.39. The lowest BCUT2D eigenvalue weighted by Gasteiger charge is -2.27. The highest BCUT2D eigenvalue weighted by Crippen LogP contribution is 2.39. The van der Waals surface area contributed by atoms with Crippen LogP contribution in [0.25, 0.3) is 0 Å². The van der Waals surface area contributed by atoms with Crippen LogP contribution in [-0.4, -0.2) is 39.7 Å². The molecule has 0 bridgehead atoms. The first kappa shape index (κ1) is 17.6. The highest BCUT2D eigenvalue weighted by molar-refractivity contribution is 5.98. The van der Waals surface area contributed by atoms with Crippen molar-refractivity contribution in [3.63, 3.8) is 0 Å². The summed E-state index contributed by atoms with van der Waals surface area (Å²) in [4.78, 5) is 35.0.